The average Bonchev–Trinajstić information content (AvgIpc) is 2.49. The van der Waals surface area contributed by atoms with Gasteiger partial charge in [0.25, 0.3) is 0 Å². The fourth-order valence-electron chi connectivity index (χ4n) is 2.32. The molecule has 0 aromatic heterocycles. The zero-order valence-corrected chi connectivity index (χ0v) is 12.3. The number of carbonyl (C=O) groups excluding carboxylic acids is 2. The minimum atomic E-state index is -0.211. The van der Waals surface area contributed by atoms with E-state index in [1.807, 2.05) is 0 Å². The Morgan fingerprint density at radius 2 is 2.00 bits per heavy atom. The number of likely N-dealkylation sites (tertiary alicyclic amines) is 1. The van der Waals surface area contributed by atoms with Crippen LogP contribution in [0.15, 0.2) is 18.2 Å². The van der Waals surface area contributed by atoms with Gasteiger partial charge in [-0.2, -0.15) is 0 Å². The highest BCUT2D eigenvalue weighted by molar-refractivity contribution is 5.94. The van der Waals surface area contributed by atoms with Gasteiger partial charge in [0.05, 0.1) is 20.8 Å². The van der Waals surface area contributed by atoms with E-state index < -0.39 is 0 Å². The molecule has 2 rings (SSSR count). The van der Waals surface area contributed by atoms with Crippen molar-refractivity contribution in [2.24, 2.45) is 0 Å². The molecule has 6 heteroatoms. The van der Waals surface area contributed by atoms with Crippen molar-refractivity contribution in [2.75, 3.05) is 32.6 Å². The van der Waals surface area contributed by atoms with Crippen molar-refractivity contribution in [1.29, 1.82) is 0 Å². The van der Waals surface area contributed by atoms with Crippen molar-refractivity contribution in [3.8, 4) is 11.5 Å². The van der Waals surface area contributed by atoms with E-state index in [2.05, 4.69) is 5.32 Å². The van der Waals surface area contributed by atoms with Crippen molar-refractivity contribution >= 4 is 17.5 Å². The Kier molecular flexibility index (Phi) is 5.03. The maximum atomic E-state index is 12.0. The Morgan fingerprint density at radius 3 is 2.67 bits per heavy atom. The van der Waals surface area contributed by atoms with Crippen LogP contribution in [0.2, 0.25) is 0 Å². The van der Waals surface area contributed by atoms with Crippen molar-refractivity contribution in [3.63, 3.8) is 0 Å². The number of hydrogen-bond donors (Lipinski definition) is 1. The molecule has 0 bridgehead atoms. The molecule has 1 aromatic carbocycles. The first-order chi connectivity index (χ1) is 10.1. The Labute approximate surface area is 124 Å². The Bertz CT molecular complexity index is 530. The first kappa shape index (κ1) is 15.2. The van der Waals surface area contributed by atoms with Gasteiger partial charge >= 0.3 is 0 Å². The van der Waals surface area contributed by atoms with E-state index in [0.717, 1.165) is 12.8 Å². The molecule has 0 aliphatic carbocycles. The molecule has 6 nitrogen and oxygen atoms in total. The SMILES string of the molecule is COc1ccc(NC(=O)CN2CCCCC2=O)cc1OC. The lowest BCUT2D eigenvalue weighted by molar-refractivity contribution is -0.136. The van der Waals surface area contributed by atoms with Gasteiger partial charge in [-0.05, 0) is 25.0 Å². The third-order valence-electron chi connectivity index (χ3n) is 3.42. The summed E-state index contributed by atoms with van der Waals surface area (Å²) >= 11 is 0. The quantitative estimate of drug-likeness (QED) is 0.896. The van der Waals surface area contributed by atoms with E-state index in [0.29, 0.717) is 30.2 Å². The molecule has 0 radical (unpaired) electrons. The molecule has 2 amide bonds. The second kappa shape index (κ2) is 6.97. The first-order valence-electron chi connectivity index (χ1n) is 6.93. The van der Waals surface area contributed by atoms with Crippen LogP contribution >= 0.6 is 0 Å². The lowest BCUT2D eigenvalue weighted by Gasteiger charge is -2.26. The summed E-state index contributed by atoms with van der Waals surface area (Å²) < 4.78 is 10.3. The van der Waals surface area contributed by atoms with Gasteiger partial charge in [0.1, 0.15) is 0 Å². The van der Waals surface area contributed by atoms with Crippen LogP contribution in [0.25, 0.3) is 0 Å². The lowest BCUT2D eigenvalue weighted by Crippen LogP contribution is -2.40. The topological polar surface area (TPSA) is 67.9 Å². The molecule has 21 heavy (non-hydrogen) atoms. The summed E-state index contributed by atoms with van der Waals surface area (Å²) in [6, 6.07) is 5.15. The third-order valence-corrected chi connectivity index (χ3v) is 3.42. The molecule has 1 heterocycles. The average molecular weight is 292 g/mol. The lowest BCUT2D eigenvalue weighted by atomic mass is 10.1. The summed E-state index contributed by atoms with van der Waals surface area (Å²) in [5.74, 6) is 0.979. The molecule has 1 aromatic rings. The van der Waals surface area contributed by atoms with Crippen molar-refractivity contribution in [2.45, 2.75) is 19.3 Å². The van der Waals surface area contributed by atoms with Gasteiger partial charge in [0.15, 0.2) is 11.5 Å². The van der Waals surface area contributed by atoms with Crippen LogP contribution < -0.4 is 14.8 Å². The zero-order chi connectivity index (χ0) is 15.2. The van der Waals surface area contributed by atoms with Crippen LogP contribution in [0.4, 0.5) is 5.69 Å². The smallest absolute Gasteiger partial charge is 0.243 e. The highest BCUT2D eigenvalue weighted by atomic mass is 16.5. The maximum Gasteiger partial charge on any atom is 0.243 e. The maximum absolute atomic E-state index is 12.0. The number of nitrogens with one attached hydrogen (secondary N) is 1. The Balaban J connectivity index is 1.97. The molecule has 0 saturated carbocycles. The second-order valence-electron chi connectivity index (χ2n) is 4.89. The van der Waals surface area contributed by atoms with E-state index in [4.69, 9.17) is 9.47 Å². The van der Waals surface area contributed by atoms with E-state index in [9.17, 15) is 9.59 Å². The van der Waals surface area contributed by atoms with Gasteiger partial charge in [0.2, 0.25) is 11.8 Å². The molecular formula is C15H20N2O4. The van der Waals surface area contributed by atoms with Crippen molar-refractivity contribution in [3.05, 3.63) is 18.2 Å². The van der Waals surface area contributed by atoms with Crippen LogP contribution in [-0.2, 0) is 9.59 Å². The van der Waals surface area contributed by atoms with Gasteiger partial charge in [-0.15, -0.1) is 0 Å². The monoisotopic (exact) mass is 292 g/mol. The summed E-state index contributed by atoms with van der Waals surface area (Å²) in [4.78, 5) is 25.3. The number of ether oxygens (including phenoxy) is 2. The number of piperidine rings is 1. The van der Waals surface area contributed by atoms with Crippen LogP contribution in [0.5, 0.6) is 11.5 Å². The number of rotatable bonds is 5. The highest BCUT2D eigenvalue weighted by Crippen LogP contribution is 2.29. The van der Waals surface area contributed by atoms with Crippen molar-refractivity contribution < 1.29 is 19.1 Å². The predicted octanol–water partition coefficient (Wildman–Crippen LogP) is 1.65. The van der Waals surface area contributed by atoms with E-state index >= 15 is 0 Å². The largest absolute Gasteiger partial charge is 0.493 e. The molecule has 1 fully saturated rings. The summed E-state index contributed by atoms with van der Waals surface area (Å²) in [7, 11) is 3.09. The molecule has 1 saturated heterocycles. The van der Waals surface area contributed by atoms with E-state index in [1.165, 1.54) is 7.11 Å². The predicted molar refractivity (Wildman–Crippen MR) is 78.6 cm³/mol. The molecule has 1 aliphatic heterocycles. The third kappa shape index (κ3) is 3.87. The van der Waals surface area contributed by atoms with Gasteiger partial charge < -0.3 is 19.7 Å². The summed E-state index contributed by atoms with van der Waals surface area (Å²) in [6.45, 7) is 0.741. The Hall–Kier alpha value is -2.24. The van der Waals surface area contributed by atoms with Crippen LogP contribution in [0.3, 0.4) is 0 Å². The van der Waals surface area contributed by atoms with Crippen LogP contribution in [-0.4, -0.2) is 44.0 Å². The summed E-state index contributed by atoms with van der Waals surface area (Å²) in [6.07, 6.45) is 2.39. The molecule has 1 N–H and O–H groups in total. The minimum Gasteiger partial charge on any atom is -0.493 e. The number of amides is 2. The minimum absolute atomic E-state index is 0.0451. The molecule has 114 valence electrons. The second-order valence-corrected chi connectivity index (χ2v) is 4.89. The molecular weight excluding hydrogens is 272 g/mol. The molecule has 1 aliphatic rings. The number of nitrogens with zero attached hydrogens (tertiary/aromatic N) is 1. The van der Waals surface area contributed by atoms with Gasteiger partial charge in [0, 0.05) is 24.7 Å². The number of carbonyl (C=O) groups is 2. The summed E-state index contributed by atoms with van der Waals surface area (Å²) in [5, 5.41) is 2.77. The van der Waals surface area contributed by atoms with E-state index in [-0.39, 0.29) is 18.4 Å². The zero-order valence-electron chi connectivity index (χ0n) is 12.3. The fraction of sp³-hybridized carbons (Fsp3) is 0.467. The standard InChI is InChI=1S/C15H20N2O4/c1-20-12-7-6-11(9-13(12)21-2)16-14(18)10-17-8-4-3-5-15(17)19/h6-7,9H,3-5,8,10H2,1-2H3,(H,16,18). The van der Waals surface area contributed by atoms with Gasteiger partial charge in [-0.1, -0.05) is 0 Å². The molecule has 0 unspecified atom stereocenters. The normalized spacial score (nSPS) is 14.8. The van der Waals surface area contributed by atoms with Crippen LogP contribution in [0, 0.1) is 0 Å². The number of anilines is 1. The van der Waals surface area contributed by atoms with E-state index in [1.54, 1.807) is 30.2 Å². The first-order valence-corrected chi connectivity index (χ1v) is 6.93. The number of benzene rings is 1. The highest BCUT2D eigenvalue weighted by Gasteiger charge is 2.20. The Morgan fingerprint density at radius 1 is 1.24 bits per heavy atom. The fourth-order valence-corrected chi connectivity index (χ4v) is 2.32. The summed E-state index contributed by atoms with van der Waals surface area (Å²) in [5.41, 5.74) is 0.613. The molecule has 0 spiro atoms. The van der Waals surface area contributed by atoms with Gasteiger partial charge in [-0.25, -0.2) is 0 Å². The van der Waals surface area contributed by atoms with Crippen LogP contribution in [0.1, 0.15) is 19.3 Å². The number of hydrogen-bond acceptors (Lipinski definition) is 4. The van der Waals surface area contributed by atoms with Crippen molar-refractivity contribution in [1.82, 2.24) is 4.90 Å². The number of methoxy groups -OCH3 is 2. The van der Waals surface area contributed by atoms with Gasteiger partial charge in [-0.3, -0.25) is 9.59 Å². The molecule has 0 atom stereocenters.